The monoisotopic (exact) mass is 597 g/mol. The highest BCUT2D eigenvalue weighted by molar-refractivity contribution is 7.92. The number of rotatable bonds is 12. The zero-order valence-corrected chi connectivity index (χ0v) is 25.0. The summed E-state index contributed by atoms with van der Waals surface area (Å²) >= 11 is 12.3. The van der Waals surface area contributed by atoms with Crippen LogP contribution in [0.2, 0.25) is 10.0 Å². The fourth-order valence-corrected chi connectivity index (χ4v) is 6.02. The van der Waals surface area contributed by atoms with Gasteiger partial charge < -0.3 is 15.0 Å². The summed E-state index contributed by atoms with van der Waals surface area (Å²) in [5.41, 5.74) is 1.23. The number of nitrogens with one attached hydrogen (secondary N) is 1. The van der Waals surface area contributed by atoms with Crippen LogP contribution < -0.4 is 14.4 Å². The summed E-state index contributed by atoms with van der Waals surface area (Å²) in [7, 11) is -2.05. The SMILES string of the molecule is COc1ccc(N(CCCC(=O)N(Cc2ccc(Cl)c(Cl)c2)C(C)C(=O)NC2CCCCC2)S(C)(=O)=O)cc1. The minimum Gasteiger partial charge on any atom is -0.497 e. The second kappa shape index (κ2) is 14.2. The molecule has 0 spiro atoms. The maximum Gasteiger partial charge on any atom is 0.242 e. The Kier molecular flexibility index (Phi) is 11.3. The van der Waals surface area contributed by atoms with Gasteiger partial charge in [-0.2, -0.15) is 0 Å². The Morgan fingerprint density at radius 1 is 1.05 bits per heavy atom. The highest BCUT2D eigenvalue weighted by Crippen LogP contribution is 2.25. The molecule has 1 atom stereocenters. The number of carbonyl (C=O) groups excluding carboxylic acids is 2. The van der Waals surface area contributed by atoms with Crippen LogP contribution in [0.15, 0.2) is 42.5 Å². The number of methoxy groups -OCH3 is 1. The number of ether oxygens (including phenoxy) is 1. The minimum absolute atomic E-state index is 0.0601. The number of nitrogens with zero attached hydrogens (tertiary/aromatic N) is 2. The Labute approximate surface area is 241 Å². The Morgan fingerprint density at radius 2 is 1.72 bits per heavy atom. The number of halogens is 2. The van der Waals surface area contributed by atoms with Crippen molar-refractivity contribution in [2.75, 3.05) is 24.2 Å². The van der Waals surface area contributed by atoms with Crippen LogP contribution >= 0.6 is 23.2 Å². The summed E-state index contributed by atoms with van der Waals surface area (Å²) < 4.78 is 31.4. The second-order valence-corrected chi connectivity index (χ2v) is 12.6. The molecule has 1 aliphatic rings. The first-order chi connectivity index (χ1) is 18.5. The summed E-state index contributed by atoms with van der Waals surface area (Å²) in [5.74, 6) is 0.155. The zero-order valence-electron chi connectivity index (χ0n) is 22.7. The van der Waals surface area contributed by atoms with Crippen LogP contribution in [-0.2, 0) is 26.2 Å². The summed E-state index contributed by atoms with van der Waals surface area (Å²) in [6.45, 7) is 2.00. The smallest absolute Gasteiger partial charge is 0.242 e. The molecule has 2 amide bonds. The first kappa shape index (κ1) is 31.0. The summed E-state index contributed by atoms with van der Waals surface area (Å²) in [6, 6.07) is 11.2. The van der Waals surface area contributed by atoms with Gasteiger partial charge in [0.05, 0.1) is 29.1 Å². The average molecular weight is 599 g/mol. The second-order valence-electron chi connectivity index (χ2n) is 9.93. The van der Waals surface area contributed by atoms with E-state index in [4.69, 9.17) is 27.9 Å². The molecule has 1 fully saturated rings. The molecule has 1 aliphatic carbocycles. The number of sulfonamides is 1. The predicted octanol–water partition coefficient (Wildman–Crippen LogP) is 5.41. The van der Waals surface area contributed by atoms with Gasteiger partial charge >= 0.3 is 0 Å². The standard InChI is InChI=1S/C28H37Cl2N3O5S/c1-20(28(35)31-22-8-5-4-6-9-22)32(19-21-11-16-25(29)26(30)18-21)27(34)10-7-17-33(39(3,36)37)23-12-14-24(38-2)15-13-23/h11-16,18,20,22H,4-10,17,19H2,1-3H3,(H,31,35). The molecule has 0 aromatic heterocycles. The average Bonchev–Trinajstić information content (AvgIpc) is 2.91. The number of anilines is 1. The van der Waals surface area contributed by atoms with Crippen molar-refractivity contribution in [2.45, 2.75) is 70.5 Å². The first-order valence-electron chi connectivity index (χ1n) is 13.1. The van der Waals surface area contributed by atoms with Gasteiger partial charge in [-0.3, -0.25) is 13.9 Å². The van der Waals surface area contributed by atoms with E-state index in [0.29, 0.717) is 21.5 Å². The lowest BCUT2D eigenvalue weighted by molar-refractivity contribution is -0.141. The van der Waals surface area contributed by atoms with E-state index in [1.165, 1.54) is 22.7 Å². The van der Waals surface area contributed by atoms with Gasteiger partial charge in [-0.25, -0.2) is 8.42 Å². The van der Waals surface area contributed by atoms with Crippen molar-refractivity contribution < 1.29 is 22.7 Å². The number of benzene rings is 2. The molecule has 8 nitrogen and oxygen atoms in total. The zero-order chi connectivity index (χ0) is 28.6. The van der Waals surface area contributed by atoms with Crippen LogP contribution in [-0.4, -0.2) is 57.1 Å². The van der Waals surface area contributed by atoms with Gasteiger partial charge in [0.25, 0.3) is 0 Å². The Morgan fingerprint density at radius 3 is 2.31 bits per heavy atom. The molecule has 0 aliphatic heterocycles. The maximum atomic E-state index is 13.5. The van der Waals surface area contributed by atoms with Crippen LogP contribution in [0.3, 0.4) is 0 Å². The van der Waals surface area contributed by atoms with E-state index >= 15 is 0 Å². The quantitative estimate of drug-likeness (QED) is 0.352. The molecule has 3 rings (SSSR count). The van der Waals surface area contributed by atoms with E-state index in [9.17, 15) is 18.0 Å². The molecule has 0 heterocycles. The van der Waals surface area contributed by atoms with Crippen molar-refractivity contribution >= 4 is 50.7 Å². The highest BCUT2D eigenvalue weighted by atomic mass is 35.5. The molecule has 11 heteroatoms. The third-order valence-electron chi connectivity index (χ3n) is 6.97. The molecule has 0 radical (unpaired) electrons. The van der Waals surface area contributed by atoms with E-state index in [-0.39, 0.29) is 43.8 Å². The number of carbonyl (C=O) groups is 2. The molecular formula is C28H37Cl2N3O5S. The van der Waals surface area contributed by atoms with Crippen molar-refractivity contribution in [2.24, 2.45) is 0 Å². The van der Waals surface area contributed by atoms with Crippen LogP contribution in [0.4, 0.5) is 5.69 Å². The molecule has 0 bridgehead atoms. The molecule has 39 heavy (non-hydrogen) atoms. The van der Waals surface area contributed by atoms with Gasteiger partial charge in [0.2, 0.25) is 21.8 Å². The van der Waals surface area contributed by atoms with Crippen molar-refractivity contribution in [1.29, 1.82) is 0 Å². The molecule has 0 saturated heterocycles. The van der Waals surface area contributed by atoms with Gasteiger partial charge in [0.1, 0.15) is 11.8 Å². The fourth-order valence-electron chi connectivity index (χ4n) is 4.74. The summed E-state index contributed by atoms with van der Waals surface area (Å²) in [4.78, 5) is 28.2. The Hall–Kier alpha value is -2.49. The third-order valence-corrected chi connectivity index (χ3v) is 8.90. The molecule has 2 aromatic carbocycles. The maximum absolute atomic E-state index is 13.5. The van der Waals surface area contributed by atoms with Crippen LogP contribution in [0, 0.1) is 0 Å². The van der Waals surface area contributed by atoms with E-state index in [2.05, 4.69) is 5.32 Å². The molecule has 1 saturated carbocycles. The summed E-state index contributed by atoms with van der Waals surface area (Å²) in [6.07, 6.45) is 6.67. The lowest BCUT2D eigenvalue weighted by atomic mass is 9.95. The van der Waals surface area contributed by atoms with E-state index in [1.807, 2.05) is 0 Å². The lowest BCUT2D eigenvalue weighted by Crippen LogP contribution is -2.50. The van der Waals surface area contributed by atoms with Gasteiger partial charge in [-0.1, -0.05) is 48.5 Å². The molecular weight excluding hydrogens is 561 g/mol. The van der Waals surface area contributed by atoms with Gasteiger partial charge in [0.15, 0.2) is 0 Å². The van der Waals surface area contributed by atoms with Crippen LogP contribution in [0.25, 0.3) is 0 Å². The number of amides is 2. The molecule has 214 valence electrons. The Balaban J connectivity index is 1.73. The van der Waals surface area contributed by atoms with Gasteiger partial charge in [-0.05, 0) is 68.1 Å². The number of hydrogen-bond donors (Lipinski definition) is 1. The van der Waals surface area contributed by atoms with Crippen LogP contribution in [0.5, 0.6) is 5.75 Å². The number of hydrogen-bond acceptors (Lipinski definition) is 5. The largest absolute Gasteiger partial charge is 0.497 e. The van der Waals surface area contributed by atoms with E-state index in [1.54, 1.807) is 49.4 Å². The van der Waals surface area contributed by atoms with Crippen molar-refractivity contribution in [3.05, 3.63) is 58.1 Å². The lowest BCUT2D eigenvalue weighted by Gasteiger charge is -2.31. The van der Waals surface area contributed by atoms with Crippen molar-refractivity contribution in [1.82, 2.24) is 10.2 Å². The van der Waals surface area contributed by atoms with Gasteiger partial charge in [0, 0.05) is 25.6 Å². The normalized spacial score (nSPS) is 14.9. The fraction of sp³-hybridized carbons (Fsp3) is 0.500. The highest BCUT2D eigenvalue weighted by Gasteiger charge is 2.28. The van der Waals surface area contributed by atoms with Gasteiger partial charge in [-0.15, -0.1) is 0 Å². The van der Waals surface area contributed by atoms with E-state index in [0.717, 1.165) is 37.5 Å². The minimum atomic E-state index is -3.58. The van der Waals surface area contributed by atoms with Crippen molar-refractivity contribution in [3.63, 3.8) is 0 Å². The van der Waals surface area contributed by atoms with E-state index < -0.39 is 16.1 Å². The third kappa shape index (κ3) is 9.01. The predicted molar refractivity (Wildman–Crippen MR) is 156 cm³/mol. The Bertz CT molecular complexity index is 1230. The van der Waals surface area contributed by atoms with Crippen LogP contribution in [0.1, 0.15) is 57.4 Å². The summed E-state index contributed by atoms with van der Waals surface area (Å²) in [5, 5.41) is 3.88. The molecule has 1 N–H and O–H groups in total. The molecule has 2 aromatic rings. The molecule has 1 unspecified atom stereocenters. The first-order valence-corrected chi connectivity index (χ1v) is 15.8. The topological polar surface area (TPSA) is 96.0 Å². The van der Waals surface area contributed by atoms with Crippen molar-refractivity contribution in [3.8, 4) is 5.75 Å².